The van der Waals surface area contributed by atoms with Crippen LogP contribution in [0.15, 0.2) is 16.6 Å². The first-order valence-corrected chi connectivity index (χ1v) is 7.53. The van der Waals surface area contributed by atoms with Crippen LogP contribution in [0.5, 0.6) is 0 Å². The van der Waals surface area contributed by atoms with Gasteiger partial charge in [0.1, 0.15) is 11.6 Å². The average Bonchev–Trinajstić information content (AvgIpc) is 2.36. The summed E-state index contributed by atoms with van der Waals surface area (Å²) >= 11 is 3.21. The van der Waals surface area contributed by atoms with Crippen LogP contribution in [0.3, 0.4) is 0 Å². The van der Waals surface area contributed by atoms with E-state index in [1.54, 1.807) is 0 Å². The van der Waals surface area contributed by atoms with Gasteiger partial charge in [-0.1, -0.05) is 6.92 Å². The fourth-order valence-electron chi connectivity index (χ4n) is 2.50. The highest BCUT2D eigenvalue weighted by molar-refractivity contribution is 9.10. The monoisotopic (exact) mass is 332 g/mol. The minimum absolute atomic E-state index is 0.254. The van der Waals surface area contributed by atoms with Gasteiger partial charge >= 0.3 is 0 Å². The molecule has 0 radical (unpaired) electrons. The van der Waals surface area contributed by atoms with E-state index in [2.05, 4.69) is 33.1 Å². The van der Waals surface area contributed by atoms with E-state index in [9.17, 15) is 8.78 Å². The standard InChI is InChI=1S/C14H19BrF2N2/c1-2-5-19-6-3-11(4-7-19)18-14-12(15)8-10(16)9-13(14)17/h8-9,11,18H,2-7H2,1H3. The third kappa shape index (κ3) is 3.89. The lowest BCUT2D eigenvalue weighted by Crippen LogP contribution is -2.39. The maximum atomic E-state index is 13.7. The molecule has 1 fully saturated rings. The quantitative estimate of drug-likeness (QED) is 0.896. The lowest BCUT2D eigenvalue weighted by molar-refractivity contribution is 0.219. The van der Waals surface area contributed by atoms with Crippen molar-refractivity contribution in [1.82, 2.24) is 4.90 Å². The zero-order valence-corrected chi connectivity index (χ0v) is 12.6. The molecular formula is C14H19BrF2N2. The maximum Gasteiger partial charge on any atom is 0.150 e. The number of benzene rings is 1. The van der Waals surface area contributed by atoms with Crippen LogP contribution in [0.2, 0.25) is 0 Å². The summed E-state index contributed by atoms with van der Waals surface area (Å²) < 4.78 is 27.2. The lowest BCUT2D eigenvalue weighted by atomic mass is 10.0. The second-order valence-electron chi connectivity index (χ2n) is 5.00. The van der Waals surface area contributed by atoms with E-state index in [0.29, 0.717) is 10.2 Å². The highest BCUT2D eigenvalue weighted by atomic mass is 79.9. The topological polar surface area (TPSA) is 15.3 Å². The number of rotatable bonds is 4. The first-order valence-electron chi connectivity index (χ1n) is 6.73. The summed E-state index contributed by atoms with van der Waals surface area (Å²) in [4.78, 5) is 2.42. The second-order valence-corrected chi connectivity index (χ2v) is 5.86. The van der Waals surface area contributed by atoms with Crippen molar-refractivity contribution in [3.05, 3.63) is 28.2 Å². The van der Waals surface area contributed by atoms with E-state index in [1.807, 2.05) is 0 Å². The number of likely N-dealkylation sites (tertiary alicyclic amines) is 1. The Balaban J connectivity index is 1.96. The Bertz CT molecular complexity index is 408. The van der Waals surface area contributed by atoms with Gasteiger partial charge in [0.05, 0.1) is 5.69 Å². The van der Waals surface area contributed by atoms with E-state index in [-0.39, 0.29) is 6.04 Å². The predicted octanol–water partition coefficient (Wildman–Crippen LogP) is 4.01. The summed E-state index contributed by atoms with van der Waals surface area (Å²) in [7, 11) is 0. The molecule has 0 spiro atoms. The number of nitrogens with one attached hydrogen (secondary N) is 1. The van der Waals surface area contributed by atoms with Crippen molar-refractivity contribution in [3.8, 4) is 0 Å². The zero-order chi connectivity index (χ0) is 13.8. The maximum absolute atomic E-state index is 13.7. The van der Waals surface area contributed by atoms with Gasteiger partial charge in [0, 0.05) is 29.7 Å². The minimum Gasteiger partial charge on any atom is -0.379 e. The van der Waals surface area contributed by atoms with E-state index in [4.69, 9.17) is 0 Å². The SMILES string of the molecule is CCCN1CCC(Nc2c(F)cc(F)cc2Br)CC1. The molecule has 1 N–H and O–H groups in total. The summed E-state index contributed by atoms with van der Waals surface area (Å²) in [6, 6.07) is 2.46. The molecule has 1 saturated heterocycles. The number of hydrogen-bond acceptors (Lipinski definition) is 2. The van der Waals surface area contributed by atoms with Gasteiger partial charge in [0.25, 0.3) is 0 Å². The van der Waals surface area contributed by atoms with Crippen LogP contribution in [0.25, 0.3) is 0 Å². The van der Waals surface area contributed by atoms with Crippen LogP contribution in [0.4, 0.5) is 14.5 Å². The molecule has 0 saturated carbocycles. The second kappa shape index (κ2) is 6.66. The summed E-state index contributed by atoms with van der Waals surface area (Å²) in [6.07, 6.45) is 3.14. The van der Waals surface area contributed by atoms with Gasteiger partial charge in [-0.05, 0) is 47.8 Å². The molecule has 0 atom stereocenters. The first-order chi connectivity index (χ1) is 9.10. The van der Waals surface area contributed by atoms with Gasteiger partial charge in [-0.15, -0.1) is 0 Å². The molecule has 0 aliphatic carbocycles. The van der Waals surface area contributed by atoms with E-state index >= 15 is 0 Å². The van der Waals surface area contributed by atoms with Gasteiger partial charge in [-0.3, -0.25) is 0 Å². The molecule has 106 valence electrons. The number of hydrogen-bond donors (Lipinski definition) is 1. The molecule has 5 heteroatoms. The Morgan fingerprint density at radius 2 is 2.00 bits per heavy atom. The Labute approximate surface area is 121 Å². The summed E-state index contributed by atoms with van der Waals surface area (Å²) in [6.45, 7) is 5.37. The number of piperidine rings is 1. The molecule has 1 aliphatic rings. The fourth-order valence-corrected chi connectivity index (χ4v) is 3.02. The molecule has 2 rings (SSSR count). The van der Waals surface area contributed by atoms with Gasteiger partial charge in [0.15, 0.2) is 0 Å². The molecule has 2 nitrogen and oxygen atoms in total. The van der Waals surface area contributed by atoms with Crippen LogP contribution in [-0.2, 0) is 0 Å². The zero-order valence-electron chi connectivity index (χ0n) is 11.1. The number of nitrogens with zero attached hydrogens (tertiary/aromatic N) is 1. The van der Waals surface area contributed by atoms with Crippen LogP contribution in [0, 0.1) is 11.6 Å². The molecule has 0 amide bonds. The van der Waals surface area contributed by atoms with Gasteiger partial charge in [-0.2, -0.15) is 0 Å². The third-order valence-electron chi connectivity index (χ3n) is 3.48. The van der Waals surface area contributed by atoms with Crippen molar-refractivity contribution in [2.75, 3.05) is 25.0 Å². The smallest absolute Gasteiger partial charge is 0.150 e. The van der Waals surface area contributed by atoms with Crippen molar-refractivity contribution in [1.29, 1.82) is 0 Å². The Kier molecular flexibility index (Phi) is 5.16. The summed E-state index contributed by atoms with van der Waals surface area (Å²) in [5.74, 6) is -1.10. The lowest BCUT2D eigenvalue weighted by Gasteiger charge is -2.32. The summed E-state index contributed by atoms with van der Waals surface area (Å²) in [5, 5.41) is 3.19. The number of halogens is 3. The number of anilines is 1. The molecule has 1 aliphatic heterocycles. The van der Waals surface area contributed by atoms with E-state index in [0.717, 1.165) is 45.0 Å². The Morgan fingerprint density at radius 3 is 2.58 bits per heavy atom. The van der Waals surface area contributed by atoms with Crippen LogP contribution >= 0.6 is 15.9 Å². The van der Waals surface area contributed by atoms with E-state index < -0.39 is 11.6 Å². The molecule has 1 aromatic rings. The normalized spacial score (nSPS) is 17.7. The molecule has 19 heavy (non-hydrogen) atoms. The molecule has 1 aromatic carbocycles. The third-order valence-corrected chi connectivity index (χ3v) is 4.11. The molecule has 1 heterocycles. The van der Waals surface area contributed by atoms with Gasteiger partial charge < -0.3 is 10.2 Å². The average molecular weight is 333 g/mol. The Morgan fingerprint density at radius 1 is 1.32 bits per heavy atom. The minimum atomic E-state index is -0.562. The Hall–Kier alpha value is -0.680. The molecular weight excluding hydrogens is 314 g/mol. The highest BCUT2D eigenvalue weighted by Gasteiger charge is 2.20. The van der Waals surface area contributed by atoms with Crippen molar-refractivity contribution >= 4 is 21.6 Å². The predicted molar refractivity (Wildman–Crippen MR) is 77.4 cm³/mol. The fraction of sp³-hybridized carbons (Fsp3) is 0.571. The molecule has 0 unspecified atom stereocenters. The van der Waals surface area contributed by atoms with Crippen LogP contribution in [0.1, 0.15) is 26.2 Å². The van der Waals surface area contributed by atoms with Crippen LogP contribution in [-0.4, -0.2) is 30.6 Å². The summed E-state index contributed by atoms with van der Waals surface area (Å²) in [5.41, 5.74) is 0.371. The van der Waals surface area contributed by atoms with E-state index in [1.165, 1.54) is 6.07 Å². The van der Waals surface area contributed by atoms with Crippen molar-refractivity contribution in [2.45, 2.75) is 32.2 Å². The van der Waals surface area contributed by atoms with Gasteiger partial charge in [-0.25, -0.2) is 8.78 Å². The highest BCUT2D eigenvalue weighted by Crippen LogP contribution is 2.29. The van der Waals surface area contributed by atoms with Crippen molar-refractivity contribution in [3.63, 3.8) is 0 Å². The van der Waals surface area contributed by atoms with Crippen LogP contribution < -0.4 is 5.32 Å². The first kappa shape index (κ1) is 14.7. The largest absolute Gasteiger partial charge is 0.379 e. The molecule has 0 aromatic heterocycles. The van der Waals surface area contributed by atoms with Gasteiger partial charge in [0.2, 0.25) is 0 Å². The molecule has 0 bridgehead atoms. The van der Waals surface area contributed by atoms with Crippen molar-refractivity contribution in [2.24, 2.45) is 0 Å². The van der Waals surface area contributed by atoms with Crippen molar-refractivity contribution < 1.29 is 8.78 Å².